The summed E-state index contributed by atoms with van der Waals surface area (Å²) in [6, 6.07) is 8.69. The number of nitrogens with zero attached hydrogens (tertiary/aromatic N) is 1. The highest BCUT2D eigenvalue weighted by molar-refractivity contribution is 6.30. The Hall–Kier alpha value is -1.06. The maximum Gasteiger partial charge on any atom is 0.222 e. The van der Waals surface area contributed by atoms with Crippen molar-refractivity contribution in [2.45, 2.75) is 89.2 Å². The molecular weight excluding hydrogens is 358 g/mol. The van der Waals surface area contributed by atoms with Crippen LogP contribution in [0.15, 0.2) is 24.3 Å². The molecule has 1 aromatic rings. The summed E-state index contributed by atoms with van der Waals surface area (Å²) in [5.74, 6) is 0.280. The fourth-order valence-electron chi connectivity index (χ4n) is 5.05. The van der Waals surface area contributed by atoms with Gasteiger partial charge in [0.2, 0.25) is 5.91 Å². The summed E-state index contributed by atoms with van der Waals surface area (Å²) in [4.78, 5) is 14.9. The van der Waals surface area contributed by atoms with Gasteiger partial charge in [0.25, 0.3) is 0 Å². The second-order valence-corrected chi connectivity index (χ2v) is 9.38. The summed E-state index contributed by atoms with van der Waals surface area (Å²) in [7, 11) is 0. The number of rotatable bonds is 6. The van der Waals surface area contributed by atoms with Crippen LogP contribution in [0.5, 0.6) is 0 Å². The molecule has 0 spiro atoms. The molecule has 1 aromatic carbocycles. The van der Waals surface area contributed by atoms with Crippen LogP contribution in [0.4, 0.5) is 0 Å². The standard InChI is InChI=1S/C23H34ClNO2/c1-4-21(26)25(20-11-16-27-22(2,3)17-20)15-14-23(12-5-6-13-23)18-7-9-19(24)10-8-18/h7-10,20H,4-6,11-17H2,1-3H3/t20-/m0/s1. The van der Waals surface area contributed by atoms with Crippen molar-refractivity contribution in [1.29, 1.82) is 0 Å². The molecule has 3 nitrogen and oxygen atoms in total. The molecule has 1 aliphatic heterocycles. The number of hydrogen-bond acceptors (Lipinski definition) is 2. The molecule has 3 rings (SSSR count). The van der Waals surface area contributed by atoms with Crippen LogP contribution in [0, 0.1) is 0 Å². The van der Waals surface area contributed by atoms with Gasteiger partial charge in [-0.3, -0.25) is 4.79 Å². The molecule has 1 atom stereocenters. The molecule has 0 N–H and O–H groups in total. The van der Waals surface area contributed by atoms with Crippen molar-refractivity contribution in [3.05, 3.63) is 34.9 Å². The molecule has 2 aliphatic rings. The van der Waals surface area contributed by atoms with Crippen molar-refractivity contribution in [3.63, 3.8) is 0 Å². The molecule has 4 heteroatoms. The molecule has 1 heterocycles. The number of carbonyl (C=O) groups is 1. The van der Waals surface area contributed by atoms with Crippen molar-refractivity contribution in [2.75, 3.05) is 13.2 Å². The Bertz CT molecular complexity index is 634. The van der Waals surface area contributed by atoms with E-state index in [9.17, 15) is 4.79 Å². The lowest BCUT2D eigenvalue weighted by molar-refractivity contribution is -0.140. The van der Waals surface area contributed by atoms with Gasteiger partial charge < -0.3 is 9.64 Å². The maximum absolute atomic E-state index is 12.8. The van der Waals surface area contributed by atoms with Gasteiger partial charge in [-0.1, -0.05) is 43.5 Å². The molecule has 150 valence electrons. The summed E-state index contributed by atoms with van der Waals surface area (Å²) in [5, 5.41) is 0.791. The topological polar surface area (TPSA) is 29.5 Å². The molecule has 0 aromatic heterocycles. The van der Waals surface area contributed by atoms with E-state index >= 15 is 0 Å². The van der Waals surface area contributed by atoms with Gasteiger partial charge in [-0.15, -0.1) is 0 Å². The first-order chi connectivity index (χ1) is 12.9. The van der Waals surface area contributed by atoms with Gasteiger partial charge in [-0.25, -0.2) is 0 Å². The summed E-state index contributed by atoms with van der Waals surface area (Å²) in [5.41, 5.74) is 1.44. The van der Waals surface area contributed by atoms with Crippen molar-refractivity contribution < 1.29 is 9.53 Å². The van der Waals surface area contributed by atoms with Crippen LogP contribution in [-0.2, 0) is 14.9 Å². The first-order valence-corrected chi connectivity index (χ1v) is 10.9. The van der Waals surface area contributed by atoms with E-state index in [1.54, 1.807) is 0 Å². The highest BCUT2D eigenvalue weighted by atomic mass is 35.5. The SMILES string of the molecule is CCC(=O)N(CCC1(c2ccc(Cl)cc2)CCCC1)[C@H]1CCOC(C)(C)C1. The summed E-state index contributed by atoms with van der Waals surface area (Å²) >= 11 is 6.12. The van der Waals surface area contributed by atoms with Crippen LogP contribution in [0.2, 0.25) is 5.02 Å². The van der Waals surface area contributed by atoms with E-state index in [0.717, 1.165) is 37.4 Å². The Morgan fingerprint density at radius 1 is 1.22 bits per heavy atom. The lowest BCUT2D eigenvalue weighted by Gasteiger charge is -2.42. The van der Waals surface area contributed by atoms with E-state index in [0.29, 0.717) is 12.5 Å². The number of halogens is 1. The van der Waals surface area contributed by atoms with Crippen molar-refractivity contribution in [1.82, 2.24) is 4.90 Å². The van der Waals surface area contributed by atoms with Crippen LogP contribution < -0.4 is 0 Å². The number of hydrogen-bond donors (Lipinski definition) is 0. The van der Waals surface area contributed by atoms with Crippen LogP contribution in [-0.4, -0.2) is 35.6 Å². The average Bonchev–Trinajstić information content (AvgIpc) is 3.11. The zero-order chi connectivity index (χ0) is 19.5. The lowest BCUT2D eigenvalue weighted by Crippen LogP contribution is -2.49. The Kier molecular flexibility index (Phi) is 6.53. The number of amides is 1. The monoisotopic (exact) mass is 391 g/mol. The van der Waals surface area contributed by atoms with E-state index in [2.05, 4.69) is 30.9 Å². The van der Waals surface area contributed by atoms with Gasteiger partial charge in [0, 0.05) is 30.6 Å². The molecule has 0 radical (unpaired) electrons. The quantitative estimate of drug-likeness (QED) is 0.618. The fourth-order valence-corrected chi connectivity index (χ4v) is 5.18. The normalized spacial score (nSPS) is 23.9. The summed E-state index contributed by atoms with van der Waals surface area (Å²) in [6.45, 7) is 7.84. The lowest BCUT2D eigenvalue weighted by atomic mass is 9.76. The van der Waals surface area contributed by atoms with Crippen LogP contribution in [0.1, 0.15) is 77.7 Å². The minimum absolute atomic E-state index is 0.142. The molecule has 1 aliphatic carbocycles. The Labute approximate surface area is 169 Å². The number of ether oxygens (including phenoxy) is 1. The van der Waals surface area contributed by atoms with E-state index in [4.69, 9.17) is 16.3 Å². The Morgan fingerprint density at radius 2 is 1.89 bits per heavy atom. The van der Waals surface area contributed by atoms with Gasteiger partial charge in [0.1, 0.15) is 0 Å². The Balaban J connectivity index is 1.76. The highest BCUT2D eigenvalue weighted by Gasteiger charge is 2.38. The van der Waals surface area contributed by atoms with Crippen molar-refractivity contribution in [2.24, 2.45) is 0 Å². The molecule has 0 unspecified atom stereocenters. The van der Waals surface area contributed by atoms with Crippen molar-refractivity contribution >= 4 is 17.5 Å². The third-order valence-electron chi connectivity index (χ3n) is 6.58. The largest absolute Gasteiger partial charge is 0.375 e. The zero-order valence-corrected chi connectivity index (χ0v) is 17.9. The third kappa shape index (κ3) is 4.86. The van der Waals surface area contributed by atoms with E-state index in [1.165, 1.54) is 31.2 Å². The van der Waals surface area contributed by atoms with Gasteiger partial charge in [-0.2, -0.15) is 0 Å². The molecule has 2 fully saturated rings. The molecule has 1 saturated heterocycles. The van der Waals surface area contributed by atoms with Gasteiger partial charge >= 0.3 is 0 Å². The molecule has 27 heavy (non-hydrogen) atoms. The number of benzene rings is 1. The maximum atomic E-state index is 12.8. The molecule has 0 bridgehead atoms. The Morgan fingerprint density at radius 3 is 2.48 bits per heavy atom. The van der Waals surface area contributed by atoms with Gasteiger partial charge in [0.15, 0.2) is 0 Å². The minimum atomic E-state index is -0.142. The van der Waals surface area contributed by atoms with Crippen LogP contribution in [0.25, 0.3) is 0 Å². The van der Waals surface area contributed by atoms with Crippen molar-refractivity contribution in [3.8, 4) is 0 Å². The van der Waals surface area contributed by atoms with Crippen LogP contribution in [0.3, 0.4) is 0 Å². The van der Waals surface area contributed by atoms with E-state index in [-0.39, 0.29) is 16.9 Å². The van der Waals surface area contributed by atoms with Gasteiger partial charge in [-0.05, 0) is 69.1 Å². The molecular formula is C23H34ClNO2. The summed E-state index contributed by atoms with van der Waals surface area (Å²) in [6.07, 6.45) is 8.45. The second-order valence-electron chi connectivity index (χ2n) is 8.94. The van der Waals surface area contributed by atoms with Gasteiger partial charge in [0.05, 0.1) is 5.60 Å². The molecule has 1 amide bonds. The predicted molar refractivity (Wildman–Crippen MR) is 111 cm³/mol. The minimum Gasteiger partial charge on any atom is -0.375 e. The molecule has 1 saturated carbocycles. The summed E-state index contributed by atoms with van der Waals surface area (Å²) < 4.78 is 5.89. The smallest absolute Gasteiger partial charge is 0.222 e. The van der Waals surface area contributed by atoms with E-state index in [1.807, 2.05) is 19.1 Å². The third-order valence-corrected chi connectivity index (χ3v) is 6.84. The zero-order valence-electron chi connectivity index (χ0n) is 17.1. The second kappa shape index (κ2) is 8.53. The first-order valence-electron chi connectivity index (χ1n) is 10.5. The predicted octanol–water partition coefficient (Wildman–Crippen LogP) is 5.74. The van der Waals surface area contributed by atoms with E-state index < -0.39 is 0 Å². The average molecular weight is 392 g/mol. The number of carbonyl (C=O) groups excluding carboxylic acids is 1. The fraction of sp³-hybridized carbons (Fsp3) is 0.696. The van der Waals surface area contributed by atoms with Crippen LogP contribution >= 0.6 is 11.6 Å². The first kappa shape index (κ1) is 20.7. The highest BCUT2D eigenvalue weighted by Crippen LogP contribution is 2.44.